The normalized spacial score (nSPS) is 13.3. The third-order valence-corrected chi connectivity index (χ3v) is 3.77. The molecule has 0 radical (unpaired) electrons. The van der Waals surface area contributed by atoms with Gasteiger partial charge < -0.3 is 10.3 Å². The Kier molecular flexibility index (Phi) is 8.40. The molecule has 0 fully saturated rings. The summed E-state index contributed by atoms with van der Waals surface area (Å²) >= 11 is 0. The van der Waals surface area contributed by atoms with Crippen LogP contribution in [0.15, 0.2) is 66.0 Å². The summed E-state index contributed by atoms with van der Waals surface area (Å²) in [4.78, 5) is 4.63. The van der Waals surface area contributed by atoms with Gasteiger partial charge in [0.1, 0.15) is 11.6 Å². The molecule has 1 rings (SSSR count). The maximum absolute atomic E-state index is 13.7. The SMILES string of the molecule is CCn1cccc(F)cc(C)nc1\C(C)=C(C)/C=C\C=C/C(C)=C/N. The van der Waals surface area contributed by atoms with Gasteiger partial charge in [0.15, 0.2) is 0 Å². The van der Waals surface area contributed by atoms with Gasteiger partial charge in [0.25, 0.3) is 0 Å². The van der Waals surface area contributed by atoms with Gasteiger partial charge in [-0.15, -0.1) is 0 Å². The van der Waals surface area contributed by atoms with Crippen LogP contribution in [-0.4, -0.2) is 9.55 Å². The summed E-state index contributed by atoms with van der Waals surface area (Å²) in [5.41, 5.74) is 9.20. The summed E-state index contributed by atoms with van der Waals surface area (Å²) < 4.78 is 15.7. The Morgan fingerprint density at radius 2 is 1.92 bits per heavy atom. The predicted molar refractivity (Wildman–Crippen MR) is 105 cm³/mol. The van der Waals surface area contributed by atoms with E-state index >= 15 is 0 Å². The number of nitrogens with zero attached hydrogens (tertiary/aromatic N) is 2. The van der Waals surface area contributed by atoms with Crippen LogP contribution in [0, 0.1) is 12.7 Å². The van der Waals surface area contributed by atoms with Crippen molar-refractivity contribution in [2.75, 3.05) is 0 Å². The Hall–Kier alpha value is -2.62. The summed E-state index contributed by atoms with van der Waals surface area (Å²) in [7, 11) is 0. The van der Waals surface area contributed by atoms with E-state index in [0.29, 0.717) is 5.69 Å². The van der Waals surface area contributed by atoms with Crippen LogP contribution in [0.3, 0.4) is 0 Å². The lowest BCUT2D eigenvalue weighted by Gasteiger charge is -2.10. The number of rotatable bonds is 5. The van der Waals surface area contributed by atoms with Crippen LogP contribution in [-0.2, 0) is 6.54 Å². The first kappa shape index (κ1) is 20.4. The molecule has 0 saturated heterocycles. The van der Waals surface area contributed by atoms with Crippen molar-refractivity contribution in [2.45, 2.75) is 41.2 Å². The van der Waals surface area contributed by atoms with Crippen molar-refractivity contribution in [1.82, 2.24) is 9.55 Å². The molecule has 3 nitrogen and oxygen atoms in total. The average molecular weight is 341 g/mol. The maximum atomic E-state index is 13.7. The Morgan fingerprint density at radius 1 is 1.24 bits per heavy atom. The van der Waals surface area contributed by atoms with Gasteiger partial charge in [-0.1, -0.05) is 24.3 Å². The molecule has 0 bridgehead atoms. The summed E-state index contributed by atoms with van der Waals surface area (Å²) in [6.45, 7) is 10.6. The molecule has 134 valence electrons. The number of hydrogen-bond acceptors (Lipinski definition) is 2. The highest BCUT2D eigenvalue weighted by atomic mass is 19.1. The highest BCUT2D eigenvalue weighted by Crippen LogP contribution is 2.17. The Labute approximate surface area is 150 Å². The first-order valence-electron chi connectivity index (χ1n) is 8.37. The van der Waals surface area contributed by atoms with Crippen molar-refractivity contribution in [1.29, 1.82) is 0 Å². The maximum Gasteiger partial charge on any atom is 0.135 e. The van der Waals surface area contributed by atoms with E-state index in [-0.39, 0.29) is 5.82 Å². The van der Waals surface area contributed by atoms with Crippen LogP contribution < -0.4 is 5.73 Å². The number of halogens is 1. The van der Waals surface area contributed by atoms with Crippen LogP contribution >= 0.6 is 0 Å². The van der Waals surface area contributed by atoms with Crippen molar-refractivity contribution in [3.8, 4) is 0 Å². The molecule has 0 aliphatic carbocycles. The molecule has 25 heavy (non-hydrogen) atoms. The smallest absolute Gasteiger partial charge is 0.135 e. The summed E-state index contributed by atoms with van der Waals surface area (Å²) in [6, 6.07) is 4.58. The number of nitrogens with two attached hydrogens (primary N) is 1. The quantitative estimate of drug-likeness (QED) is 0.744. The molecule has 1 heterocycles. The minimum Gasteiger partial charge on any atom is -0.404 e. The van der Waals surface area contributed by atoms with E-state index in [0.717, 1.165) is 29.1 Å². The van der Waals surface area contributed by atoms with Gasteiger partial charge in [-0.05, 0) is 75.7 Å². The van der Waals surface area contributed by atoms with E-state index in [9.17, 15) is 4.39 Å². The molecule has 2 N–H and O–H groups in total. The highest BCUT2D eigenvalue weighted by Gasteiger charge is 2.04. The topological polar surface area (TPSA) is 43.8 Å². The number of hydrogen-bond donors (Lipinski definition) is 1. The fourth-order valence-electron chi connectivity index (χ4n) is 2.14. The second-order valence-electron chi connectivity index (χ2n) is 5.84. The van der Waals surface area contributed by atoms with Gasteiger partial charge in [0.05, 0.1) is 0 Å². The van der Waals surface area contributed by atoms with E-state index in [1.807, 2.05) is 62.8 Å². The molecule has 0 aromatic carbocycles. The molecule has 1 aromatic heterocycles. The molecule has 0 unspecified atom stereocenters. The molecule has 4 heteroatoms. The van der Waals surface area contributed by atoms with E-state index in [4.69, 9.17) is 5.73 Å². The molecule has 1 aromatic rings. The minimum absolute atomic E-state index is 0.304. The first-order valence-corrected chi connectivity index (χ1v) is 8.37. The fourth-order valence-corrected chi connectivity index (χ4v) is 2.14. The zero-order chi connectivity index (χ0) is 18.8. The Bertz CT molecular complexity index is 763. The predicted octanol–water partition coefficient (Wildman–Crippen LogP) is 5.24. The Balaban J connectivity index is 3.39. The molecular weight excluding hydrogens is 313 g/mol. The number of allylic oxidation sites excluding steroid dienone is 7. The van der Waals surface area contributed by atoms with Gasteiger partial charge in [-0.25, -0.2) is 9.37 Å². The lowest BCUT2D eigenvalue weighted by atomic mass is 10.1. The van der Waals surface area contributed by atoms with Crippen LogP contribution in [0.1, 0.15) is 39.2 Å². The van der Waals surface area contributed by atoms with Crippen molar-refractivity contribution < 1.29 is 4.39 Å². The standard InChI is InChI=1S/C21H28FN3/c1-6-25-13-9-12-20(22)14-18(4)24-21(25)19(5)17(3)11-8-7-10-16(2)15-23/h7-15H,6,23H2,1-5H3/b10-7-,11-8-,13-9?,16-15+,18-14?,19-17-,20-12?,24-21?. The van der Waals surface area contributed by atoms with Crippen molar-refractivity contribution in [2.24, 2.45) is 5.73 Å². The van der Waals surface area contributed by atoms with Gasteiger partial charge in [-0.2, -0.15) is 0 Å². The fraction of sp³-hybridized carbons (Fsp3) is 0.286. The van der Waals surface area contributed by atoms with Gasteiger partial charge >= 0.3 is 0 Å². The molecule has 0 atom stereocenters. The van der Waals surface area contributed by atoms with E-state index in [1.165, 1.54) is 12.1 Å². The molecule has 0 saturated carbocycles. The first-order chi connectivity index (χ1) is 11.9. The van der Waals surface area contributed by atoms with E-state index in [1.54, 1.807) is 19.2 Å². The molecule has 0 aliphatic rings. The highest BCUT2D eigenvalue weighted by molar-refractivity contribution is 5.64. The second kappa shape index (κ2) is 10.3. The third kappa shape index (κ3) is 6.79. The summed E-state index contributed by atoms with van der Waals surface area (Å²) in [5, 5.41) is 0. The second-order valence-corrected chi connectivity index (χ2v) is 5.84. The van der Waals surface area contributed by atoms with Crippen LogP contribution in [0.5, 0.6) is 0 Å². The lowest BCUT2D eigenvalue weighted by Crippen LogP contribution is -2.04. The van der Waals surface area contributed by atoms with E-state index < -0.39 is 0 Å². The molecular formula is C21H28FN3. The van der Waals surface area contributed by atoms with Crippen LogP contribution in [0.25, 0.3) is 5.57 Å². The average Bonchev–Trinajstić information content (AvgIpc) is 2.65. The minimum atomic E-state index is -0.304. The number of aromatic nitrogens is 2. The van der Waals surface area contributed by atoms with Gasteiger partial charge in [0, 0.05) is 18.4 Å². The third-order valence-electron chi connectivity index (χ3n) is 3.77. The molecule has 0 aliphatic heterocycles. The van der Waals surface area contributed by atoms with Gasteiger partial charge in [0.2, 0.25) is 0 Å². The number of aryl methyl sites for hydroxylation is 2. The van der Waals surface area contributed by atoms with Crippen LogP contribution in [0.4, 0.5) is 4.39 Å². The zero-order valence-corrected chi connectivity index (χ0v) is 15.8. The zero-order valence-electron chi connectivity index (χ0n) is 15.8. The molecule has 0 spiro atoms. The lowest BCUT2D eigenvalue weighted by molar-refractivity contribution is 0.627. The van der Waals surface area contributed by atoms with Crippen molar-refractivity contribution >= 4 is 5.57 Å². The monoisotopic (exact) mass is 341 g/mol. The summed E-state index contributed by atoms with van der Waals surface area (Å²) in [6.07, 6.45) is 11.3. The van der Waals surface area contributed by atoms with E-state index in [2.05, 4.69) is 4.98 Å². The summed E-state index contributed by atoms with van der Waals surface area (Å²) in [5.74, 6) is 0.515. The van der Waals surface area contributed by atoms with Crippen molar-refractivity contribution in [3.63, 3.8) is 0 Å². The molecule has 0 amide bonds. The Morgan fingerprint density at radius 3 is 2.56 bits per heavy atom. The van der Waals surface area contributed by atoms with Crippen LogP contribution in [0.2, 0.25) is 0 Å². The van der Waals surface area contributed by atoms with Crippen molar-refractivity contribution in [3.05, 3.63) is 83.4 Å². The largest absolute Gasteiger partial charge is 0.404 e. The van der Waals surface area contributed by atoms with Gasteiger partial charge in [-0.3, -0.25) is 0 Å².